The molecule has 0 aromatic carbocycles. The van der Waals surface area contributed by atoms with Crippen molar-refractivity contribution in [2.45, 2.75) is 51.5 Å². The van der Waals surface area contributed by atoms with Crippen LogP contribution in [0.3, 0.4) is 0 Å². The van der Waals surface area contributed by atoms with Crippen molar-refractivity contribution in [2.75, 3.05) is 33.8 Å². The van der Waals surface area contributed by atoms with Crippen LogP contribution in [0.25, 0.3) is 0 Å². The van der Waals surface area contributed by atoms with E-state index in [0.29, 0.717) is 11.3 Å². The highest BCUT2D eigenvalue weighted by Gasteiger charge is 2.51. The number of hydrogen-bond acceptors (Lipinski definition) is 4. The van der Waals surface area contributed by atoms with Crippen LogP contribution in [0.2, 0.25) is 0 Å². The van der Waals surface area contributed by atoms with Gasteiger partial charge >= 0.3 is 5.97 Å². The van der Waals surface area contributed by atoms with E-state index in [1.807, 2.05) is 7.05 Å². The Morgan fingerprint density at radius 2 is 2.05 bits per heavy atom. The highest BCUT2D eigenvalue weighted by molar-refractivity contribution is 5.82. The second-order valence-electron chi connectivity index (χ2n) is 7.28. The maximum absolute atomic E-state index is 12.3. The number of hydrogen-bond donors (Lipinski definition) is 1. The molecule has 1 atom stereocenters. The van der Waals surface area contributed by atoms with Crippen LogP contribution < -0.4 is 5.32 Å². The van der Waals surface area contributed by atoms with Gasteiger partial charge in [-0.3, -0.25) is 0 Å². The molecule has 1 heterocycles. The molecule has 0 aromatic rings. The highest BCUT2D eigenvalue weighted by atomic mass is 16.5. The highest BCUT2D eigenvalue weighted by Crippen LogP contribution is 2.41. The van der Waals surface area contributed by atoms with Gasteiger partial charge < -0.3 is 15.0 Å². The number of methoxy groups -OCH3 is 1. The number of esters is 1. The normalized spacial score (nSPS) is 26.6. The average molecular weight is 282 g/mol. The van der Waals surface area contributed by atoms with Crippen molar-refractivity contribution in [1.82, 2.24) is 10.2 Å². The monoisotopic (exact) mass is 282 g/mol. The molecule has 1 saturated heterocycles. The fraction of sp³-hybridized carbons (Fsp3) is 0.938. The van der Waals surface area contributed by atoms with Crippen molar-refractivity contribution in [1.29, 1.82) is 0 Å². The molecular formula is C16H30N2O2. The van der Waals surface area contributed by atoms with Gasteiger partial charge in [-0.15, -0.1) is 0 Å². The number of likely N-dealkylation sites (tertiary alicyclic amines) is 1. The zero-order valence-corrected chi connectivity index (χ0v) is 13.5. The summed E-state index contributed by atoms with van der Waals surface area (Å²) in [5.74, 6) is 0.349. The topological polar surface area (TPSA) is 41.6 Å². The van der Waals surface area contributed by atoms with Crippen LogP contribution in [-0.2, 0) is 9.53 Å². The molecule has 0 amide bonds. The average Bonchev–Trinajstić information content (AvgIpc) is 3.25. The summed E-state index contributed by atoms with van der Waals surface area (Å²) in [5.41, 5.74) is -0.0644. The Bertz CT molecular complexity index is 352. The van der Waals surface area contributed by atoms with Crippen LogP contribution in [-0.4, -0.2) is 50.2 Å². The quantitative estimate of drug-likeness (QED) is 0.784. The van der Waals surface area contributed by atoms with Gasteiger partial charge in [0.15, 0.2) is 0 Å². The van der Waals surface area contributed by atoms with Crippen LogP contribution in [0.1, 0.15) is 46.0 Å². The molecule has 0 spiro atoms. The summed E-state index contributed by atoms with van der Waals surface area (Å²) in [7, 11) is 3.40. The molecule has 116 valence electrons. The fourth-order valence-corrected chi connectivity index (χ4v) is 3.49. The molecule has 2 fully saturated rings. The van der Waals surface area contributed by atoms with Crippen molar-refractivity contribution in [3.63, 3.8) is 0 Å². The lowest BCUT2D eigenvalue weighted by Gasteiger charge is -2.36. The van der Waals surface area contributed by atoms with Gasteiger partial charge in [-0.2, -0.15) is 0 Å². The smallest absolute Gasteiger partial charge is 0.327 e. The van der Waals surface area contributed by atoms with Crippen LogP contribution in [0.15, 0.2) is 0 Å². The van der Waals surface area contributed by atoms with Gasteiger partial charge in [-0.05, 0) is 63.6 Å². The second kappa shape index (κ2) is 6.02. The van der Waals surface area contributed by atoms with Crippen molar-refractivity contribution < 1.29 is 9.53 Å². The maximum Gasteiger partial charge on any atom is 0.327 e. The molecule has 1 unspecified atom stereocenters. The Morgan fingerprint density at radius 1 is 1.35 bits per heavy atom. The lowest BCUT2D eigenvalue weighted by Crippen LogP contribution is -2.60. The molecular weight excluding hydrogens is 252 g/mol. The van der Waals surface area contributed by atoms with E-state index in [0.717, 1.165) is 32.5 Å². The predicted molar refractivity (Wildman–Crippen MR) is 80.6 cm³/mol. The van der Waals surface area contributed by atoms with E-state index in [1.54, 1.807) is 0 Å². The lowest BCUT2D eigenvalue weighted by atomic mass is 9.85. The summed E-state index contributed by atoms with van der Waals surface area (Å²) in [6.45, 7) is 7.67. The number of carbonyl (C=O) groups is 1. The van der Waals surface area contributed by atoms with Gasteiger partial charge in [0.05, 0.1) is 7.11 Å². The van der Waals surface area contributed by atoms with E-state index >= 15 is 0 Å². The van der Waals surface area contributed by atoms with Gasteiger partial charge in [-0.1, -0.05) is 13.8 Å². The first-order chi connectivity index (χ1) is 9.43. The molecule has 0 aromatic heterocycles. The molecule has 20 heavy (non-hydrogen) atoms. The molecule has 2 aliphatic rings. The molecule has 4 nitrogen and oxygen atoms in total. The van der Waals surface area contributed by atoms with E-state index in [9.17, 15) is 4.79 Å². The number of likely N-dealkylation sites (N-methyl/N-ethyl adjacent to an activating group) is 1. The third-order valence-corrected chi connectivity index (χ3v) is 5.18. The maximum atomic E-state index is 12.3. The fourth-order valence-electron chi connectivity index (χ4n) is 3.49. The lowest BCUT2D eigenvalue weighted by molar-refractivity contribution is -0.150. The first kappa shape index (κ1) is 15.8. The predicted octanol–water partition coefficient (Wildman–Crippen LogP) is 2.04. The van der Waals surface area contributed by atoms with Gasteiger partial charge in [0.25, 0.3) is 0 Å². The third-order valence-electron chi connectivity index (χ3n) is 5.18. The molecule has 1 saturated carbocycles. The molecule has 1 N–H and O–H groups in total. The third kappa shape index (κ3) is 3.34. The molecule has 0 radical (unpaired) electrons. The van der Waals surface area contributed by atoms with Crippen LogP contribution >= 0.6 is 0 Å². The van der Waals surface area contributed by atoms with Gasteiger partial charge in [0.2, 0.25) is 0 Å². The number of carbonyl (C=O) groups excluding carboxylic acids is 1. The van der Waals surface area contributed by atoms with E-state index in [4.69, 9.17) is 4.74 Å². The summed E-state index contributed by atoms with van der Waals surface area (Å²) in [6, 6.07) is 0. The largest absolute Gasteiger partial charge is 0.468 e. The van der Waals surface area contributed by atoms with Gasteiger partial charge in [-0.25, -0.2) is 4.79 Å². The van der Waals surface area contributed by atoms with E-state index in [-0.39, 0.29) is 5.97 Å². The number of rotatable bonds is 5. The molecule has 0 bridgehead atoms. The number of nitrogens with zero attached hydrogens (tertiary/aromatic N) is 1. The minimum Gasteiger partial charge on any atom is -0.468 e. The summed E-state index contributed by atoms with van der Waals surface area (Å²) >= 11 is 0. The number of ether oxygens (including phenoxy) is 1. The molecule has 4 heteroatoms. The van der Waals surface area contributed by atoms with Crippen LogP contribution in [0.5, 0.6) is 0 Å². The van der Waals surface area contributed by atoms with E-state index < -0.39 is 5.54 Å². The Hall–Kier alpha value is -0.610. The second-order valence-corrected chi connectivity index (χ2v) is 7.28. The Kier molecular flexibility index (Phi) is 4.75. The Labute approximate surface area is 123 Å². The van der Waals surface area contributed by atoms with Crippen molar-refractivity contribution in [2.24, 2.45) is 11.3 Å². The first-order valence-corrected chi connectivity index (χ1v) is 7.93. The Balaban J connectivity index is 2.06. The summed E-state index contributed by atoms with van der Waals surface area (Å²) in [6.07, 6.45) is 5.97. The van der Waals surface area contributed by atoms with Gasteiger partial charge in [0.1, 0.15) is 5.54 Å². The molecule has 1 aliphatic heterocycles. The van der Waals surface area contributed by atoms with Crippen molar-refractivity contribution in [3.8, 4) is 0 Å². The SMILES string of the molecule is CNC(CN1CCCC(C)(C)CC1)(C(=O)OC)C1CC1. The van der Waals surface area contributed by atoms with Crippen LogP contribution in [0, 0.1) is 11.3 Å². The van der Waals surface area contributed by atoms with Gasteiger partial charge in [0, 0.05) is 6.54 Å². The van der Waals surface area contributed by atoms with E-state index in [1.165, 1.54) is 26.4 Å². The Morgan fingerprint density at radius 3 is 2.60 bits per heavy atom. The van der Waals surface area contributed by atoms with Crippen molar-refractivity contribution >= 4 is 5.97 Å². The zero-order valence-electron chi connectivity index (χ0n) is 13.5. The zero-order chi connectivity index (χ0) is 14.8. The molecule has 1 aliphatic carbocycles. The summed E-state index contributed by atoms with van der Waals surface area (Å²) in [4.78, 5) is 14.8. The minimum absolute atomic E-state index is 0.0917. The van der Waals surface area contributed by atoms with Crippen LogP contribution in [0.4, 0.5) is 0 Å². The van der Waals surface area contributed by atoms with Crippen molar-refractivity contribution in [3.05, 3.63) is 0 Å². The summed E-state index contributed by atoms with van der Waals surface area (Å²) < 4.78 is 5.09. The van der Waals surface area contributed by atoms with E-state index in [2.05, 4.69) is 24.1 Å². The number of nitrogens with one attached hydrogen (secondary N) is 1. The standard InChI is InChI=1S/C16H30N2O2/c1-15(2)8-5-10-18(11-9-15)12-16(17-3,13-6-7-13)14(19)20-4/h13,17H,5-12H2,1-4H3. The summed E-state index contributed by atoms with van der Waals surface area (Å²) in [5, 5.41) is 3.30. The first-order valence-electron chi connectivity index (χ1n) is 7.93. The minimum atomic E-state index is -0.497. The molecule has 2 rings (SSSR count).